The summed E-state index contributed by atoms with van der Waals surface area (Å²) < 4.78 is 5.65. The highest BCUT2D eigenvalue weighted by Gasteiger charge is 2.46. The van der Waals surface area contributed by atoms with Crippen LogP contribution in [0.15, 0.2) is 48.5 Å². The molecule has 7 nitrogen and oxygen atoms in total. The van der Waals surface area contributed by atoms with Gasteiger partial charge in [-0.2, -0.15) is 0 Å². The van der Waals surface area contributed by atoms with Gasteiger partial charge in [-0.05, 0) is 55.9 Å². The molecule has 0 aromatic heterocycles. The summed E-state index contributed by atoms with van der Waals surface area (Å²) in [6.45, 7) is 10.6. The fourth-order valence-corrected chi connectivity index (χ4v) is 4.33. The zero-order valence-corrected chi connectivity index (χ0v) is 21.3. The zero-order chi connectivity index (χ0) is 26.0. The van der Waals surface area contributed by atoms with Gasteiger partial charge in [0.15, 0.2) is 0 Å². The van der Waals surface area contributed by atoms with Gasteiger partial charge in [-0.1, -0.05) is 68.8 Å². The molecule has 0 heterocycles. The maximum Gasteiger partial charge on any atom is 0.407 e. The molecule has 3 N–H and O–H groups in total. The van der Waals surface area contributed by atoms with E-state index in [1.165, 1.54) is 0 Å². The fraction of sp³-hybridized carbons (Fsp3) is 0.464. The summed E-state index contributed by atoms with van der Waals surface area (Å²) >= 11 is 0. The van der Waals surface area contributed by atoms with Crippen molar-refractivity contribution in [3.63, 3.8) is 0 Å². The number of alkyl carbamates (subject to hydrolysis) is 1. The number of carbonyl (C=O) groups excluding carboxylic acids is 2. The van der Waals surface area contributed by atoms with Crippen molar-refractivity contribution in [3.05, 3.63) is 59.7 Å². The third-order valence-electron chi connectivity index (χ3n) is 7.65. The molecule has 1 aliphatic carbocycles. The molecule has 0 fully saturated rings. The lowest BCUT2D eigenvalue weighted by Gasteiger charge is -2.41. The number of nitrogens with one attached hydrogen (secondary N) is 2. The smallest absolute Gasteiger partial charge is 0.407 e. The summed E-state index contributed by atoms with van der Waals surface area (Å²) in [4.78, 5) is 37.6. The number of aliphatic carboxylic acids is 1. The van der Waals surface area contributed by atoms with Crippen LogP contribution < -0.4 is 10.6 Å². The predicted octanol–water partition coefficient (Wildman–Crippen LogP) is 4.95. The summed E-state index contributed by atoms with van der Waals surface area (Å²) in [6.07, 6.45) is -0.0200. The van der Waals surface area contributed by atoms with Crippen molar-refractivity contribution in [2.45, 2.75) is 65.5 Å². The minimum atomic E-state index is -1.11. The molecule has 0 spiro atoms. The van der Waals surface area contributed by atoms with Crippen LogP contribution in [0.25, 0.3) is 11.1 Å². The summed E-state index contributed by atoms with van der Waals surface area (Å²) in [5.41, 5.74) is 2.39. The third kappa shape index (κ3) is 5.19. The number of carbonyl (C=O) groups is 3. The van der Waals surface area contributed by atoms with Gasteiger partial charge in [0.2, 0.25) is 5.91 Å². The Balaban J connectivity index is 1.68. The number of carboxylic acids is 1. The van der Waals surface area contributed by atoms with Crippen LogP contribution in [-0.4, -0.2) is 41.3 Å². The van der Waals surface area contributed by atoms with Crippen LogP contribution in [0, 0.1) is 11.3 Å². The van der Waals surface area contributed by atoms with Crippen LogP contribution in [0.2, 0.25) is 0 Å². The number of fused-ring (bicyclic) bond motifs is 3. The van der Waals surface area contributed by atoms with E-state index in [0.29, 0.717) is 6.42 Å². The molecule has 35 heavy (non-hydrogen) atoms. The largest absolute Gasteiger partial charge is 0.480 e. The lowest BCUT2D eigenvalue weighted by Crippen LogP contribution is -2.61. The molecule has 188 valence electrons. The van der Waals surface area contributed by atoms with Crippen molar-refractivity contribution >= 4 is 18.0 Å². The summed E-state index contributed by atoms with van der Waals surface area (Å²) in [6, 6.07) is 15.2. The molecule has 0 saturated heterocycles. The molecular formula is C28H36N2O5. The Morgan fingerprint density at radius 1 is 0.971 bits per heavy atom. The molecule has 7 heteroatoms. The van der Waals surface area contributed by atoms with Crippen LogP contribution in [-0.2, 0) is 14.3 Å². The van der Waals surface area contributed by atoms with E-state index < -0.39 is 35.0 Å². The van der Waals surface area contributed by atoms with Gasteiger partial charge < -0.3 is 20.5 Å². The van der Waals surface area contributed by atoms with Crippen molar-refractivity contribution in [1.29, 1.82) is 0 Å². The zero-order valence-electron chi connectivity index (χ0n) is 21.3. The van der Waals surface area contributed by atoms with Crippen molar-refractivity contribution in [3.8, 4) is 11.1 Å². The summed E-state index contributed by atoms with van der Waals surface area (Å²) in [7, 11) is 0. The fourth-order valence-electron chi connectivity index (χ4n) is 4.33. The molecule has 0 aliphatic heterocycles. The van der Waals surface area contributed by atoms with Gasteiger partial charge in [0, 0.05) is 5.92 Å². The second kappa shape index (κ2) is 10.1. The van der Waals surface area contributed by atoms with E-state index in [1.54, 1.807) is 34.6 Å². The van der Waals surface area contributed by atoms with Gasteiger partial charge in [0.05, 0.1) is 11.0 Å². The maximum absolute atomic E-state index is 13.1. The minimum absolute atomic E-state index is 0.0700. The number of hydrogen-bond acceptors (Lipinski definition) is 4. The monoisotopic (exact) mass is 480 g/mol. The highest BCUT2D eigenvalue weighted by molar-refractivity contribution is 5.88. The Labute approximate surface area is 207 Å². The van der Waals surface area contributed by atoms with E-state index in [0.717, 1.165) is 22.3 Å². The quantitative estimate of drug-likeness (QED) is 0.471. The van der Waals surface area contributed by atoms with Crippen LogP contribution >= 0.6 is 0 Å². The standard InChI is InChI=1S/C28H36N2O5/c1-7-17(2)23(24(31)32)29-25(33)27(3,4)28(5,6)30-26(34)35-16-22-20-14-10-8-12-18(20)19-13-9-11-15-21(19)22/h8-15,17,22-23H,7,16H2,1-6H3,(H,29,33)(H,30,34)(H,31,32)/t17-,23-/m0/s1. The van der Waals surface area contributed by atoms with Crippen LogP contribution in [0.3, 0.4) is 0 Å². The van der Waals surface area contributed by atoms with E-state index >= 15 is 0 Å². The highest BCUT2D eigenvalue weighted by atomic mass is 16.5. The minimum Gasteiger partial charge on any atom is -0.480 e. The van der Waals surface area contributed by atoms with Crippen molar-refractivity contribution in [2.75, 3.05) is 6.61 Å². The van der Waals surface area contributed by atoms with Gasteiger partial charge in [0.1, 0.15) is 12.6 Å². The third-order valence-corrected chi connectivity index (χ3v) is 7.65. The van der Waals surface area contributed by atoms with Gasteiger partial charge in [0.25, 0.3) is 0 Å². The van der Waals surface area contributed by atoms with E-state index in [1.807, 2.05) is 31.2 Å². The Kier molecular flexibility index (Phi) is 7.58. The molecule has 0 unspecified atom stereocenters. The molecule has 1 aliphatic rings. The molecule has 2 amide bonds. The van der Waals surface area contributed by atoms with Crippen molar-refractivity contribution in [1.82, 2.24) is 10.6 Å². The first kappa shape index (κ1) is 26.3. The van der Waals surface area contributed by atoms with Crippen LogP contribution in [0.4, 0.5) is 4.79 Å². The number of amides is 2. The maximum atomic E-state index is 13.1. The van der Waals surface area contributed by atoms with E-state index in [2.05, 4.69) is 34.9 Å². The van der Waals surface area contributed by atoms with Crippen molar-refractivity contribution in [2.24, 2.45) is 11.3 Å². The normalized spacial score (nSPS) is 14.9. The van der Waals surface area contributed by atoms with Crippen LogP contribution in [0.5, 0.6) is 0 Å². The molecule has 0 radical (unpaired) electrons. The van der Waals surface area contributed by atoms with Crippen LogP contribution in [0.1, 0.15) is 65.0 Å². The Bertz CT molecular complexity index is 1060. The summed E-state index contributed by atoms with van der Waals surface area (Å²) in [5.74, 6) is -1.83. The second-order valence-corrected chi connectivity index (χ2v) is 10.4. The Morgan fingerprint density at radius 2 is 1.49 bits per heavy atom. The lowest BCUT2D eigenvalue weighted by atomic mass is 9.73. The molecule has 0 bridgehead atoms. The Hall–Kier alpha value is -3.35. The van der Waals surface area contributed by atoms with Gasteiger partial charge in [-0.3, -0.25) is 4.79 Å². The molecule has 0 saturated carbocycles. The van der Waals surface area contributed by atoms with Gasteiger partial charge in [-0.25, -0.2) is 9.59 Å². The van der Waals surface area contributed by atoms with Gasteiger partial charge >= 0.3 is 12.1 Å². The van der Waals surface area contributed by atoms with Crippen molar-refractivity contribution < 1.29 is 24.2 Å². The SMILES string of the molecule is CC[C@H](C)[C@H](NC(=O)C(C)(C)C(C)(C)NC(=O)OCC1c2ccccc2-c2ccccc21)C(=O)O. The Morgan fingerprint density at radius 3 is 1.97 bits per heavy atom. The number of ether oxygens (including phenoxy) is 1. The molecule has 2 atom stereocenters. The highest BCUT2D eigenvalue weighted by Crippen LogP contribution is 2.44. The number of rotatable bonds is 9. The second-order valence-electron chi connectivity index (χ2n) is 10.4. The first-order valence-corrected chi connectivity index (χ1v) is 12.1. The van der Waals surface area contributed by atoms with E-state index in [9.17, 15) is 19.5 Å². The van der Waals surface area contributed by atoms with E-state index in [4.69, 9.17) is 4.74 Å². The average molecular weight is 481 g/mol. The first-order chi connectivity index (χ1) is 16.4. The number of carboxylic acid groups (broad SMARTS) is 1. The molecular weight excluding hydrogens is 444 g/mol. The molecule has 2 aromatic carbocycles. The predicted molar refractivity (Wildman–Crippen MR) is 135 cm³/mol. The topological polar surface area (TPSA) is 105 Å². The summed E-state index contributed by atoms with van der Waals surface area (Å²) in [5, 5.41) is 15.0. The lowest BCUT2D eigenvalue weighted by molar-refractivity contribution is -0.146. The average Bonchev–Trinajstić information content (AvgIpc) is 3.13. The molecule has 3 rings (SSSR count). The number of benzene rings is 2. The number of hydrogen-bond donors (Lipinski definition) is 3. The van der Waals surface area contributed by atoms with E-state index in [-0.39, 0.29) is 18.4 Å². The molecule has 2 aromatic rings. The van der Waals surface area contributed by atoms with Gasteiger partial charge in [-0.15, -0.1) is 0 Å². The first-order valence-electron chi connectivity index (χ1n) is 12.1.